The predicted octanol–water partition coefficient (Wildman–Crippen LogP) is 3.42. The number of primary amides is 1. The summed E-state index contributed by atoms with van der Waals surface area (Å²) in [5, 5.41) is 16.6. The molecule has 0 saturated carbocycles. The molecule has 2 rings (SSSR count). The number of benzene rings is 2. The molecule has 0 aliphatic rings. The molecule has 39 heavy (non-hydrogen) atoms. The van der Waals surface area contributed by atoms with Crippen LogP contribution in [-0.4, -0.2) is 55.2 Å². The van der Waals surface area contributed by atoms with Crippen molar-refractivity contribution in [3.63, 3.8) is 0 Å². The number of nitrogens with two attached hydrogens (primary N) is 1. The second-order valence-electron chi connectivity index (χ2n) is 10.1. The lowest BCUT2D eigenvalue weighted by Crippen LogP contribution is -2.56. The normalized spacial score (nSPS) is 14.3. The van der Waals surface area contributed by atoms with Gasteiger partial charge in [0.25, 0.3) is 0 Å². The number of hydrogen-bond donors (Lipinski definition) is 4. The van der Waals surface area contributed by atoms with E-state index in [-0.39, 0.29) is 18.5 Å². The molecule has 5 N–H and O–H groups in total. The molecule has 1 amide bonds. The number of carbonyl (C=O) groups is 1. The Hall–Kier alpha value is -2.40. The van der Waals surface area contributed by atoms with Crippen molar-refractivity contribution in [3.8, 4) is 0 Å². The third-order valence-corrected chi connectivity index (χ3v) is 9.10. The molecule has 0 unspecified atom stereocenters. The maximum Gasteiger partial charge on any atom is 0.235 e. The highest BCUT2D eigenvalue weighted by Gasteiger charge is 2.33. The van der Waals surface area contributed by atoms with Gasteiger partial charge < -0.3 is 16.2 Å². The molecule has 2 aromatic carbocycles. The Labute approximate surface area is 231 Å². The minimum atomic E-state index is -3.69. The first kappa shape index (κ1) is 32.8. The first-order valence-electron chi connectivity index (χ1n) is 13.7. The Morgan fingerprint density at radius 3 is 2.15 bits per heavy atom. The number of carbonyl (C=O) groups excluding carboxylic acids is 1. The second kappa shape index (κ2) is 16.0. The Balaban J connectivity index is 2.23. The van der Waals surface area contributed by atoms with E-state index in [1.54, 1.807) is 0 Å². The van der Waals surface area contributed by atoms with Gasteiger partial charge in [0.1, 0.15) is 17.7 Å². The smallest absolute Gasteiger partial charge is 0.235 e. The van der Waals surface area contributed by atoms with Gasteiger partial charge in [-0.2, -0.15) is 0 Å². The summed E-state index contributed by atoms with van der Waals surface area (Å²) >= 11 is 0. The van der Waals surface area contributed by atoms with Gasteiger partial charge in [0.2, 0.25) is 5.91 Å². The molecular weight excluding hydrogens is 524 g/mol. The lowest BCUT2D eigenvalue weighted by atomic mass is 9.99. The van der Waals surface area contributed by atoms with Crippen LogP contribution in [0.4, 0.5) is 8.78 Å². The lowest BCUT2D eigenvalue weighted by Gasteiger charge is -2.29. The Morgan fingerprint density at radius 1 is 0.974 bits per heavy atom. The van der Waals surface area contributed by atoms with Crippen LogP contribution < -0.4 is 16.4 Å². The second-order valence-corrected chi connectivity index (χ2v) is 12.4. The number of amides is 1. The van der Waals surface area contributed by atoms with Crippen molar-refractivity contribution in [1.82, 2.24) is 10.6 Å². The Morgan fingerprint density at radius 2 is 1.59 bits per heavy atom. The SMILES string of the molecule is CCCC(CCC)S(=O)(=O)C[C@H](N[C@@H](Cc1cc(F)cc(F)c1)[C@H](O)CNCc1cccc(CC)c1)C(N)=O. The Bertz CT molecular complexity index is 1140. The molecule has 0 aromatic heterocycles. The van der Waals surface area contributed by atoms with Crippen LogP contribution in [0.25, 0.3) is 0 Å². The van der Waals surface area contributed by atoms with Crippen molar-refractivity contribution >= 4 is 15.7 Å². The molecule has 0 fully saturated rings. The van der Waals surface area contributed by atoms with Crippen molar-refractivity contribution in [2.24, 2.45) is 5.73 Å². The molecule has 0 aliphatic heterocycles. The third kappa shape index (κ3) is 10.9. The fraction of sp³-hybridized carbons (Fsp3) is 0.552. The summed E-state index contributed by atoms with van der Waals surface area (Å²) in [4.78, 5) is 12.4. The number of aryl methyl sites for hydroxylation is 1. The molecule has 2 aromatic rings. The van der Waals surface area contributed by atoms with Gasteiger partial charge >= 0.3 is 0 Å². The maximum absolute atomic E-state index is 13.9. The fourth-order valence-corrected chi connectivity index (χ4v) is 6.93. The number of aliphatic hydroxyl groups excluding tert-OH is 1. The highest BCUT2D eigenvalue weighted by molar-refractivity contribution is 7.92. The van der Waals surface area contributed by atoms with Crippen LogP contribution in [0.1, 0.15) is 63.1 Å². The third-order valence-electron chi connectivity index (χ3n) is 6.81. The molecule has 7 nitrogen and oxygen atoms in total. The number of halogens is 2. The van der Waals surface area contributed by atoms with Crippen LogP contribution >= 0.6 is 0 Å². The molecule has 10 heteroatoms. The number of sulfone groups is 1. The van der Waals surface area contributed by atoms with Gasteiger partial charge in [-0.25, -0.2) is 17.2 Å². The van der Waals surface area contributed by atoms with Crippen molar-refractivity contribution in [3.05, 3.63) is 70.8 Å². The average Bonchev–Trinajstić information content (AvgIpc) is 2.87. The van der Waals surface area contributed by atoms with Gasteiger partial charge in [-0.15, -0.1) is 0 Å². The molecular formula is C29H43F2N3O4S. The zero-order valence-corrected chi connectivity index (χ0v) is 23.9. The van der Waals surface area contributed by atoms with Gasteiger partial charge in [-0.3, -0.25) is 10.1 Å². The van der Waals surface area contributed by atoms with Crippen molar-refractivity contribution in [1.29, 1.82) is 0 Å². The summed E-state index contributed by atoms with van der Waals surface area (Å²) in [5.41, 5.74) is 8.06. The van der Waals surface area contributed by atoms with E-state index < -0.39 is 56.6 Å². The average molecular weight is 568 g/mol. The summed E-state index contributed by atoms with van der Waals surface area (Å²) in [6, 6.07) is 8.83. The highest BCUT2D eigenvalue weighted by Crippen LogP contribution is 2.18. The van der Waals surface area contributed by atoms with Crippen molar-refractivity contribution in [2.75, 3.05) is 12.3 Å². The molecule has 0 heterocycles. The van der Waals surface area contributed by atoms with Gasteiger partial charge in [0, 0.05) is 25.2 Å². The van der Waals surface area contributed by atoms with E-state index in [2.05, 4.69) is 23.6 Å². The minimum Gasteiger partial charge on any atom is -0.390 e. The molecule has 0 spiro atoms. The zero-order valence-electron chi connectivity index (χ0n) is 23.1. The van der Waals surface area contributed by atoms with Crippen LogP contribution in [0, 0.1) is 11.6 Å². The lowest BCUT2D eigenvalue weighted by molar-refractivity contribution is -0.119. The van der Waals surface area contributed by atoms with E-state index in [0.29, 0.717) is 32.2 Å². The van der Waals surface area contributed by atoms with E-state index >= 15 is 0 Å². The number of nitrogens with one attached hydrogen (secondary N) is 2. The van der Waals surface area contributed by atoms with Crippen LogP contribution in [0.3, 0.4) is 0 Å². The number of hydrogen-bond acceptors (Lipinski definition) is 6. The van der Waals surface area contributed by atoms with E-state index in [4.69, 9.17) is 5.73 Å². The number of rotatable bonds is 18. The zero-order chi connectivity index (χ0) is 29.0. The molecule has 0 aliphatic carbocycles. The molecule has 0 radical (unpaired) electrons. The van der Waals surface area contributed by atoms with Gasteiger partial charge in [-0.1, -0.05) is 57.9 Å². The van der Waals surface area contributed by atoms with Crippen molar-refractivity contribution < 1.29 is 27.1 Å². The highest BCUT2D eigenvalue weighted by atomic mass is 32.2. The topological polar surface area (TPSA) is 122 Å². The first-order valence-corrected chi connectivity index (χ1v) is 15.4. The molecule has 0 saturated heterocycles. The van der Waals surface area contributed by atoms with E-state index in [9.17, 15) is 27.1 Å². The summed E-state index contributed by atoms with van der Waals surface area (Å²) in [6.45, 7) is 6.41. The summed E-state index contributed by atoms with van der Waals surface area (Å²) in [6.07, 6.45) is 2.01. The monoisotopic (exact) mass is 567 g/mol. The van der Waals surface area contributed by atoms with Crippen LogP contribution in [0.5, 0.6) is 0 Å². The maximum atomic E-state index is 13.9. The Kier molecular flexibility index (Phi) is 13.5. The van der Waals surface area contributed by atoms with Gasteiger partial charge in [0.05, 0.1) is 17.1 Å². The van der Waals surface area contributed by atoms with Crippen molar-refractivity contribution in [2.45, 2.75) is 89.3 Å². The molecule has 218 valence electrons. The van der Waals surface area contributed by atoms with Gasteiger partial charge in [0.15, 0.2) is 9.84 Å². The quantitative estimate of drug-likeness (QED) is 0.219. The predicted molar refractivity (Wildman–Crippen MR) is 151 cm³/mol. The molecule has 3 atom stereocenters. The standard InChI is InChI=1S/C29H43F2N3O4S/c1-4-8-25(9-5-2)39(37,38)19-27(29(32)36)34-26(15-22-13-23(30)16-24(31)14-22)28(35)18-33-17-21-11-7-10-20(6-3)12-21/h7,10-14,16,25-28,33-35H,4-6,8-9,15,17-19H2,1-3H3,(H2,32,36)/t26-,27-,28+/m0/s1. The first-order chi connectivity index (χ1) is 18.5. The summed E-state index contributed by atoms with van der Waals surface area (Å²) in [7, 11) is -3.69. The summed E-state index contributed by atoms with van der Waals surface area (Å²) in [5.74, 6) is -2.95. The minimum absolute atomic E-state index is 0.0555. The van der Waals surface area contributed by atoms with Gasteiger partial charge in [-0.05, 0) is 54.5 Å². The largest absolute Gasteiger partial charge is 0.390 e. The van der Waals surface area contributed by atoms with Crippen LogP contribution in [0.15, 0.2) is 42.5 Å². The van der Waals surface area contributed by atoms with E-state index in [1.165, 1.54) is 5.56 Å². The van der Waals surface area contributed by atoms with Crippen LogP contribution in [0.2, 0.25) is 0 Å². The van der Waals surface area contributed by atoms with E-state index in [1.807, 2.05) is 32.0 Å². The summed E-state index contributed by atoms with van der Waals surface area (Å²) < 4.78 is 54.1. The van der Waals surface area contributed by atoms with E-state index in [0.717, 1.165) is 30.2 Å². The number of aliphatic hydroxyl groups is 1. The fourth-order valence-electron chi connectivity index (χ4n) is 4.74. The van der Waals surface area contributed by atoms with Crippen LogP contribution in [-0.2, 0) is 34.0 Å². The molecule has 0 bridgehead atoms.